The second-order valence-corrected chi connectivity index (χ2v) is 8.18. The van der Waals surface area contributed by atoms with Gasteiger partial charge in [-0.1, -0.05) is 18.2 Å². The number of rotatable bonds is 5. The van der Waals surface area contributed by atoms with Crippen molar-refractivity contribution in [2.45, 2.75) is 12.6 Å². The Hall–Kier alpha value is -4.08. The van der Waals surface area contributed by atoms with Crippen LogP contribution in [0.1, 0.15) is 10.4 Å². The lowest BCUT2D eigenvalue weighted by Gasteiger charge is -2.23. The number of H-pyrrole nitrogens is 1. The lowest BCUT2D eigenvalue weighted by Crippen LogP contribution is -2.35. The van der Waals surface area contributed by atoms with Gasteiger partial charge in [-0.15, -0.1) is 0 Å². The SMILES string of the molecule is O=Cc1c[nH]c2ncc(-c3cnc4c(c3)n(C[C@H]3COCCO3)c(=O)n4-c3ccccc3)cc12. The van der Waals surface area contributed by atoms with E-state index >= 15 is 0 Å². The Morgan fingerprint density at radius 1 is 1.09 bits per heavy atom. The summed E-state index contributed by atoms with van der Waals surface area (Å²) in [5, 5.41) is 0.736. The maximum Gasteiger partial charge on any atom is 0.335 e. The highest BCUT2D eigenvalue weighted by Gasteiger charge is 2.22. The van der Waals surface area contributed by atoms with E-state index in [-0.39, 0.29) is 11.8 Å². The van der Waals surface area contributed by atoms with Gasteiger partial charge in [0.2, 0.25) is 0 Å². The number of nitrogens with zero attached hydrogens (tertiary/aromatic N) is 4. The number of hydrogen-bond donors (Lipinski definition) is 1. The summed E-state index contributed by atoms with van der Waals surface area (Å²) in [7, 11) is 0. The van der Waals surface area contributed by atoms with Gasteiger partial charge in [-0.25, -0.2) is 19.3 Å². The van der Waals surface area contributed by atoms with Gasteiger partial charge in [-0.05, 0) is 24.3 Å². The van der Waals surface area contributed by atoms with Gasteiger partial charge < -0.3 is 14.5 Å². The summed E-state index contributed by atoms with van der Waals surface area (Å²) in [6.07, 6.45) is 5.67. The lowest BCUT2D eigenvalue weighted by molar-refractivity contribution is -0.0935. The Morgan fingerprint density at radius 2 is 1.91 bits per heavy atom. The molecule has 6 rings (SSSR count). The Balaban J connectivity index is 1.53. The Labute approximate surface area is 193 Å². The van der Waals surface area contributed by atoms with Gasteiger partial charge in [-0.3, -0.25) is 9.36 Å². The van der Waals surface area contributed by atoms with E-state index in [1.165, 1.54) is 0 Å². The molecule has 5 aromatic rings. The van der Waals surface area contributed by atoms with Crippen LogP contribution in [0.3, 0.4) is 0 Å². The van der Waals surface area contributed by atoms with Crippen molar-refractivity contribution in [2.24, 2.45) is 0 Å². The minimum absolute atomic E-state index is 0.192. The molecule has 0 aliphatic carbocycles. The first kappa shape index (κ1) is 20.5. The predicted octanol–water partition coefficient (Wildman–Crippen LogP) is 2.96. The molecule has 0 saturated carbocycles. The average molecular weight is 455 g/mol. The smallest absolute Gasteiger partial charge is 0.335 e. The largest absolute Gasteiger partial charge is 0.376 e. The number of pyridine rings is 2. The molecular formula is C25H21N5O4. The first-order chi connectivity index (χ1) is 16.7. The van der Waals surface area contributed by atoms with Crippen molar-refractivity contribution in [1.82, 2.24) is 24.1 Å². The van der Waals surface area contributed by atoms with Crippen LogP contribution in [0, 0.1) is 0 Å². The minimum atomic E-state index is -0.224. The van der Waals surface area contributed by atoms with E-state index in [4.69, 9.17) is 9.47 Å². The first-order valence-corrected chi connectivity index (χ1v) is 11.0. The summed E-state index contributed by atoms with van der Waals surface area (Å²) >= 11 is 0. The number of fused-ring (bicyclic) bond motifs is 2. The summed E-state index contributed by atoms with van der Waals surface area (Å²) in [5.41, 5.74) is 4.56. The van der Waals surface area contributed by atoms with Crippen molar-refractivity contribution in [3.8, 4) is 16.8 Å². The van der Waals surface area contributed by atoms with Crippen molar-refractivity contribution in [3.63, 3.8) is 0 Å². The highest BCUT2D eigenvalue weighted by Crippen LogP contribution is 2.27. The quantitative estimate of drug-likeness (QED) is 0.409. The van der Waals surface area contributed by atoms with Crippen molar-refractivity contribution in [1.29, 1.82) is 0 Å². The molecule has 1 aromatic carbocycles. The van der Waals surface area contributed by atoms with E-state index in [1.807, 2.05) is 42.5 Å². The number of para-hydroxylation sites is 1. The third-order valence-electron chi connectivity index (χ3n) is 6.08. The standard InChI is InChI=1S/C25H21N5O4/c31-14-18-12-27-23-21(18)8-16(10-26-23)17-9-22-24(28-11-17)30(19-4-2-1-3-5-19)25(32)29(22)13-20-15-33-6-7-34-20/h1-5,8-12,14,20H,6-7,13,15H2,(H,26,27)/t20-/m0/s1. The van der Waals surface area contributed by atoms with Crippen LogP contribution in [0.4, 0.5) is 0 Å². The van der Waals surface area contributed by atoms with Gasteiger partial charge >= 0.3 is 5.69 Å². The molecule has 0 bridgehead atoms. The summed E-state index contributed by atoms with van der Waals surface area (Å²) < 4.78 is 14.7. The van der Waals surface area contributed by atoms with Crippen LogP contribution in [0.2, 0.25) is 0 Å². The molecule has 1 saturated heterocycles. The minimum Gasteiger partial charge on any atom is -0.376 e. The second-order valence-electron chi connectivity index (χ2n) is 8.18. The molecule has 0 radical (unpaired) electrons. The summed E-state index contributed by atoms with van der Waals surface area (Å²) in [6, 6.07) is 13.3. The molecule has 9 heteroatoms. The fourth-order valence-corrected chi connectivity index (χ4v) is 4.40. The van der Waals surface area contributed by atoms with Crippen LogP contribution in [-0.4, -0.2) is 56.3 Å². The molecule has 1 N–H and O–H groups in total. The van der Waals surface area contributed by atoms with Crippen molar-refractivity contribution >= 4 is 28.5 Å². The van der Waals surface area contributed by atoms with Gasteiger partial charge in [0.1, 0.15) is 5.65 Å². The molecule has 34 heavy (non-hydrogen) atoms. The van der Waals surface area contributed by atoms with Crippen molar-refractivity contribution in [2.75, 3.05) is 19.8 Å². The fraction of sp³-hybridized carbons (Fsp3) is 0.200. The van der Waals surface area contributed by atoms with Gasteiger partial charge in [0.05, 0.1) is 43.7 Å². The number of aromatic nitrogens is 5. The van der Waals surface area contributed by atoms with E-state index in [1.54, 1.807) is 27.7 Å². The van der Waals surface area contributed by atoms with Crippen LogP contribution in [0.25, 0.3) is 39.0 Å². The van der Waals surface area contributed by atoms with Gasteiger partial charge in [0.25, 0.3) is 0 Å². The number of carbonyl (C=O) groups excluding carboxylic acids is 1. The molecule has 1 fully saturated rings. The Kier molecular flexibility index (Phi) is 5.05. The molecule has 1 aliphatic heterocycles. The zero-order valence-corrected chi connectivity index (χ0v) is 18.2. The number of hydrogen-bond acceptors (Lipinski definition) is 6. The molecule has 1 atom stereocenters. The van der Waals surface area contributed by atoms with Gasteiger partial charge in [0, 0.05) is 40.7 Å². The molecule has 0 amide bonds. The van der Waals surface area contributed by atoms with Crippen LogP contribution < -0.4 is 5.69 Å². The number of ether oxygens (including phenoxy) is 2. The zero-order chi connectivity index (χ0) is 23.1. The molecule has 0 unspecified atom stereocenters. The Morgan fingerprint density at radius 3 is 2.71 bits per heavy atom. The number of carbonyl (C=O) groups is 1. The number of imidazole rings is 1. The van der Waals surface area contributed by atoms with E-state index in [9.17, 15) is 9.59 Å². The highest BCUT2D eigenvalue weighted by molar-refractivity contribution is 5.97. The topological polar surface area (TPSA) is 104 Å². The molecule has 170 valence electrons. The number of aromatic amines is 1. The molecule has 0 spiro atoms. The van der Waals surface area contributed by atoms with Crippen molar-refractivity contribution in [3.05, 3.63) is 77.1 Å². The van der Waals surface area contributed by atoms with E-state index < -0.39 is 0 Å². The molecule has 1 aliphatic rings. The third-order valence-corrected chi connectivity index (χ3v) is 6.08. The first-order valence-electron chi connectivity index (χ1n) is 11.0. The molecule has 4 aromatic heterocycles. The fourth-order valence-electron chi connectivity index (χ4n) is 4.40. The maximum atomic E-state index is 13.6. The third kappa shape index (κ3) is 3.42. The number of benzene rings is 1. The average Bonchev–Trinajstić information content (AvgIpc) is 3.42. The summed E-state index contributed by atoms with van der Waals surface area (Å²) in [4.78, 5) is 37.1. The van der Waals surface area contributed by atoms with E-state index in [0.29, 0.717) is 48.7 Å². The molecule has 5 heterocycles. The number of nitrogens with one attached hydrogen (secondary N) is 1. The van der Waals surface area contributed by atoms with Gasteiger partial charge in [-0.2, -0.15) is 0 Å². The van der Waals surface area contributed by atoms with Crippen LogP contribution >= 0.6 is 0 Å². The summed E-state index contributed by atoms with van der Waals surface area (Å²) in [5.74, 6) is 0. The lowest BCUT2D eigenvalue weighted by atomic mass is 10.1. The normalized spacial score (nSPS) is 16.3. The zero-order valence-electron chi connectivity index (χ0n) is 18.2. The monoisotopic (exact) mass is 455 g/mol. The van der Waals surface area contributed by atoms with E-state index in [0.717, 1.165) is 28.5 Å². The second kappa shape index (κ2) is 8.36. The highest BCUT2D eigenvalue weighted by atomic mass is 16.6. The Bertz CT molecular complexity index is 1560. The molecular weight excluding hydrogens is 434 g/mol. The summed E-state index contributed by atoms with van der Waals surface area (Å²) in [6.45, 7) is 1.84. The predicted molar refractivity (Wildman–Crippen MR) is 126 cm³/mol. The van der Waals surface area contributed by atoms with Crippen LogP contribution in [-0.2, 0) is 16.0 Å². The van der Waals surface area contributed by atoms with E-state index in [2.05, 4.69) is 15.0 Å². The maximum absolute atomic E-state index is 13.6. The van der Waals surface area contributed by atoms with Gasteiger partial charge in [0.15, 0.2) is 11.9 Å². The molecule has 9 nitrogen and oxygen atoms in total. The van der Waals surface area contributed by atoms with Crippen LogP contribution in [0.5, 0.6) is 0 Å². The van der Waals surface area contributed by atoms with Crippen LogP contribution in [0.15, 0.2) is 65.8 Å². The van der Waals surface area contributed by atoms with Crippen molar-refractivity contribution < 1.29 is 14.3 Å². The number of aldehydes is 1.